The fourth-order valence-corrected chi connectivity index (χ4v) is 3.30. The zero-order valence-electron chi connectivity index (χ0n) is 16.8. The van der Waals surface area contributed by atoms with E-state index in [9.17, 15) is 9.59 Å². The average Bonchev–Trinajstić information content (AvgIpc) is 2.72. The molecule has 0 saturated heterocycles. The van der Waals surface area contributed by atoms with Crippen LogP contribution in [0.25, 0.3) is 11.3 Å². The average molecular weight is 398 g/mol. The van der Waals surface area contributed by atoms with Crippen molar-refractivity contribution in [3.8, 4) is 17.1 Å². The van der Waals surface area contributed by atoms with E-state index in [1.54, 1.807) is 25.3 Å². The van der Waals surface area contributed by atoms with Crippen molar-refractivity contribution in [1.29, 1.82) is 0 Å². The summed E-state index contributed by atoms with van der Waals surface area (Å²) >= 11 is 0. The molecule has 8 heteroatoms. The van der Waals surface area contributed by atoms with Gasteiger partial charge in [0.15, 0.2) is 0 Å². The summed E-state index contributed by atoms with van der Waals surface area (Å²) in [5.41, 5.74) is 9.68. The minimum Gasteiger partial charge on any atom is -0.481 e. The summed E-state index contributed by atoms with van der Waals surface area (Å²) in [6, 6.07) is 8.77. The SMILES string of the molecule is COC(=O)Nc1ccc2c(c1)NC(=O)[C@H](C)CCC[C@H](N)c1cc(OC)nc-2c1. The molecule has 1 aromatic heterocycles. The quantitative estimate of drug-likeness (QED) is 0.710. The minimum absolute atomic E-state index is 0.0984. The Labute approximate surface area is 169 Å². The molecular formula is C21H26N4O4. The predicted octanol–water partition coefficient (Wildman–Crippen LogP) is 3.69. The summed E-state index contributed by atoms with van der Waals surface area (Å²) < 4.78 is 10.0. The van der Waals surface area contributed by atoms with E-state index in [1.807, 2.05) is 19.1 Å². The Morgan fingerprint density at radius 3 is 2.76 bits per heavy atom. The molecule has 2 aromatic rings. The van der Waals surface area contributed by atoms with Crippen LogP contribution in [0.3, 0.4) is 0 Å². The Bertz CT molecular complexity index is 916. The van der Waals surface area contributed by atoms with Crippen LogP contribution in [0.4, 0.5) is 16.2 Å². The number of rotatable bonds is 2. The number of anilines is 2. The number of hydrogen-bond donors (Lipinski definition) is 3. The van der Waals surface area contributed by atoms with Gasteiger partial charge in [0.05, 0.1) is 25.6 Å². The normalized spacial score (nSPS) is 19.1. The fourth-order valence-electron chi connectivity index (χ4n) is 3.30. The highest BCUT2D eigenvalue weighted by atomic mass is 16.5. The molecule has 2 atom stereocenters. The van der Waals surface area contributed by atoms with Crippen LogP contribution in [0.15, 0.2) is 30.3 Å². The molecule has 4 N–H and O–H groups in total. The summed E-state index contributed by atoms with van der Waals surface area (Å²) in [4.78, 5) is 28.8. The van der Waals surface area contributed by atoms with Gasteiger partial charge in [-0.2, -0.15) is 0 Å². The molecule has 0 radical (unpaired) electrons. The van der Waals surface area contributed by atoms with Crippen LogP contribution in [0.2, 0.25) is 0 Å². The number of amides is 2. The Kier molecular flexibility index (Phi) is 6.33. The topological polar surface area (TPSA) is 116 Å². The van der Waals surface area contributed by atoms with E-state index in [0.29, 0.717) is 28.5 Å². The molecule has 154 valence electrons. The number of nitrogens with one attached hydrogen (secondary N) is 2. The Morgan fingerprint density at radius 1 is 1.24 bits per heavy atom. The van der Waals surface area contributed by atoms with Crippen molar-refractivity contribution in [2.24, 2.45) is 11.7 Å². The van der Waals surface area contributed by atoms with Gasteiger partial charge in [0.2, 0.25) is 11.8 Å². The van der Waals surface area contributed by atoms with Gasteiger partial charge in [0.1, 0.15) is 0 Å². The van der Waals surface area contributed by atoms with Gasteiger partial charge in [-0.05, 0) is 42.7 Å². The molecule has 2 bridgehead atoms. The van der Waals surface area contributed by atoms with Crippen LogP contribution in [0, 0.1) is 5.92 Å². The third-order valence-corrected chi connectivity index (χ3v) is 5.05. The summed E-state index contributed by atoms with van der Waals surface area (Å²) in [6.45, 7) is 1.89. The number of nitrogens with zero attached hydrogens (tertiary/aromatic N) is 1. The van der Waals surface area contributed by atoms with Crippen molar-refractivity contribution in [3.63, 3.8) is 0 Å². The van der Waals surface area contributed by atoms with E-state index in [1.165, 1.54) is 7.11 Å². The standard InChI is InChI=1S/C21H26N4O4/c1-12-5-4-6-16(22)13-9-17(24-19(10-13)28-2)15-8-7-14(23-21(27)29-3)11-18(15)25-20(12)26/h7-12,16H,4-6,22H2,1-3H3,(H,23,27)(H,25,26)/t12-,16+/m1/s1. The first-order valence-corrected chi connectivity index (χ1v) is 9.53. The molecule has 2 amide bonds. The highest BCUT2D eigenvalue weighted by Crippen LogP contribution is 2.34. The first kappa shape index (κ1) is 20.6. The second-order valence-corrected chi connectivity index (χ2v) is 7.13. The number of ether oxygens (including phenoxy) is 2. The van der Waals surface area contributed by atoms with Gasteiger partial charge in [0, 0.05) is 29.3 Å². The Hall–Kier alpha value is -3.13. The lowest BCUT2D eigenvalue weighted by molar-refractivity contribution is -0.119. The number of benzene rings is 1. The maximum Gasteiger partial charge on any atom is 0.411 e. The second kappa shape index (κ2) is 8.91. The van der Waals surface area contributed by atoms with E-state index >= 15 is 0 Å². The monoisotopic (exact) mass is 398 g/mol. The van der Waals surface area contributed by atoms with Gasteiger partial charge >= 0.3 is 6.09 Å². The van der Waals surface area contributed by atoms with Crippen LogP contribution in [-0.2, 0) is 9.53 Å². The molecule has 3 rings (SSSR count). The zero-order valence-corrected chi connectivity index (χ0v) is 16.8. The number of nitrogens with two attached hydrogens (primary N) is 1. The first-order valence-electron chi connectivity index (χ1n) is 9.53. The maximum absolute atomic E-state index is 12.7. The molecular weight excluding hydrogens is 372 g/mol. The fraction of sp³-hybridized carbons (Fsp3) is 0.381. The lowest BCUT2D eigenvalue weighted by atomic mass is 9.95. The van der Waals surface area contributed by atoms with Gasteiger partial charge < -0.3 is 20.5 Å². The largest absolute Gasteiger partial charge is 0.481 e. The molecule has 2 heterocycles. The van der Waals surface area contributed by atoms with E-state index < -0.39 is 6.09 Å². The van der Waals surface area contributed by atoms with Gasteiger partial charge in [-0.15, -0.1) is 0 Å². The van der Waals surface area contributed by atoms with Crippen LogP contribution < -0.4 is 21.1 Å². The minimum atomic E-state index is -0.592. The third kappa shape index (κ3) is 4.83. The van der Waals surface area contributed by atoms with E-state index in [0.717, 1.165) is 24.8 Å². The summed E-state index contributed by atoms with van der Waals surface area (Å²) in [6.07, 6.45) is 1.72. The Balaban J connectivity index is 2.13. The molecule has 0 fully saturated rings. The number of methoxy groups -OCH3 is 2. The predicted molar refractivity (Wildman–Crippen MR) is 111 cm³/mol. The van der Waals surface area contributed by atoms with Gasteiger partial charge in [-0.25, -0.2) is 9.78 Å². The van der Waals surface area contributed by atoms with Crippen LogP contribution in [0.5, 0.6) is 5.88 Å². The van der Waals surface area contributed by atoms with Crippen molar-refractivity contribution in [2.75, 3.05) is 24.9 Å². The third-order valence-electron chi connectivity index (χ3n) is 5.05. The summed E-state index contributed by atoms with van der Waals surface area (Å²) in [7, 11) is 2.84. The molecule has 0 unspecified atom stereocenters. The lowest BCUT2D eigenvalue weighted by Crippen LogP contribution is -2.22. The van der Waals surface area contributed by atoms with E-state index in [-0.39, 0.29) is 17.9 Å². The molecule has 1 aliphatic heterocycles. The van der Waals surface area contributed by atoms with Gasteiger partial charge in [-0.3, -0.25) is 10.1 Å². The molecule has 8 nitrogen and oxygen atoms in total. The van der Waals surface area contributed by atoms with Crippen LogP contribution in [0.1, 0.15) is 37.8 Å². The number of pyridine rings is 1. The summed E-state index contributed by atoms with van der Waals surface area (Å²) in [5, 5.41) is 5.59. The molecule has 29 heavy (non-hydrogen) atoms. The molecule has 0 saturated carbocycles. The van der Waals surface area contributed by atoms with Gasteiger partial charge in [0.25, 0.3) is 0 Å². The number of hydrogen-bond acceptors (Lipinski definition) is 6. The van der Waals surface area contributed by atoms with Crippen LogP contribution in [-0.4, -0.2) is 31.2 Å². The van der Waals surface area contributed by atoms with Crippen molar-refractivity contribution in [3.05, 3.63) is 35.9 Å². The number of fused-ring (bicyclic) bond motifs is 4. The second-order valence-electron chi connectivity index (χ2n) is 7.13. The molecule has 1 aromatic carbocycles. The number of aromatic nitrogens is 1. The highest BCUT2D eigenvalue weighted by molar-refractivity contribution is 5.98. The molecule has 1 aliphatic rings. The van der Waals surface area contributed by atoms with Crippen molar-refractivity contribution >= 4 is 23.4 Å². The van der Waals surface area contributed by atoms with Crippen molar-refractivity contribution in [1.82, 2.24) is 4.98 Å². The number of carbonyl (C=O) groups excluding carboxylic acids is 2. The van der Waals surface area contributed by atoms with Gasteiger partial charge in [-0.1, -0.05) is 13.3 Å². The van der Waals surface area contributed by atoms with E-state index in [2.05, 4.69) is 20.4 Å². The smallest absolute Gasteiger partial charge is 0.411 e. The van der Waals surface area contributed by atoms with Crippen LogP contribution >= 0.6 is 0 Å². The number of carbonyl (C=O) groups is 2. The zero-order chi connectivity index (χ0) is 21.0. The lowest BCUT2D eigenvalue weighted by Gasteiger charge is -2.20. The molecule has 0 spiro atoms. The summed E-state index contributed by atoms with van der Waals surface area (Å²) in [5.74, 6) is 0.179. The van der Waals surface area contributed by atoms with E-state index in [4.69, 9.17) is 10.5 Å². The maximum atomic E-state index is 12.7. The highest BCUT2D eigenvalue weighted by Gasteiger charge is 2.20. The first-order chi connectivity index (χ1) is 13.9. The van der Waals surface area contributed by atoms with Crippen molar-refractivity contribution in [2.45, 2.75) is 32.2 Å². The Morgan fingerprint density at radius 2 is 2.03 bits per heavy atom. The van der Waals surface area contributed by atoms with Crippen molar-refractivity contribution < 1.29 is 19.1 Å². The molecule has 0 aliphatic carbocycles.